The van der Waals surface area contributed by atoms with Crippen molar-refractivity contribution in [3.8, 4) is 5.75 Å². The molecule has 1 amide bonds. The number of hydrogen-bond donors (Lipinski definition) is 1. The molecule has 2 atom stereocenters. The minimum absolute atomic E-state index is 0.0389. The Morgan fingerprint density at radius 1 is 0.837 bits per heavy atom. The number of carbonyl (C=O) groups excluding carboxylic acids is 3. The summed E-state index contributed by atoms with van der Waals surface area (Å²) in [5.41, 5.74) is 3.97. The van der Waals surface area contributed by atoms with Crippen LogP contribution in [0.25, 0.3) is 0 Å². The molecule has 8 heteroatoms. The Bertz CT molecular complexity index is 1520. The molecule has 0 spiro atoms. The Balaban J connectivity index is 1.14. The molecule has 7 rings (SSSR count). The molecule has 43 heavy (non-hydrogen) atoms. The van der Waals surface area contributed by atoms with Gasteiger partial charge in [-0.1, -0.05) is 24.3 Å². The molecule has 3 aromatic rings. The van der Waals surface area contributed by atoms with E-state index >= 15 is 0 Å². The lowest BCUT2D eigenvalue weighted by atomic mass is 9.45. The van der Waals surface area contributed by atoms with E-state index in [0.717, 1.165) is 12.1 Å². The Morgan fingerprint density at radius 3 is 2.12 bits per heavy atom. The number of carbonyl (C=O) groups is 3. The largest absolute Gasteiger partial charge is 0.484 e. The van der Waals surface area contributed by atoms with Gasteiger partial charge < -0.3 is 24.4 Å². The predicted octanol–water partition coefficient (Wildman–Crippen LogP) is 6.00. The van der Waals surface area contributed by atoms with Crippen LogP contribution in [0.15, 0.2) is 72.8 Å². The number of nitrogens with zero attached hydrogens (tertiary/aromatic N) is 1. The summed E-state index contributed by atoms with van der Waals surface area (Å²) in [5, 5.41) is 2.77. The van der Waals surface area contributed by atoms with E-state index in [0.29, 0.717) is 34.4 Å². The fourth-order valence-electron chi connectivity index (χ4n) is 8.27. The van der Waals surface area contributed by atoms with Crippen LogP contribution < -0.4 is 15.0 Å². The molecule has 4 aliphatic rings. The number of nitrogens with one attached hydrogen (secondary N) is 1. The summed E-state index contributed by atoms with van der Waals surface area (Å²) >= 11 is 0. The summed E-state index contributed by atoms with van der Waals surface area (Å²) in [6.45, 7) is -0.143. The molecule has 8 nitrogen and oxygen atoms in total. The van der Waals surface area contributed by atoms with E-state index in [4.69, 9.17) is 14.2 Å². The number of benzene rings is 3. The fraction of sp³-hybridized carbons (Fsp3) is 0.400. The van der Waals surface area contributed by atoms with Crippen LogP contribution in [0, 0.1) is 11.8 Å². The Morgan fingerprint density at radius 2 is 1.47 bits per heavy atom. The van der Waals surface area contributed by atoms with Crippen LogP contribution in [0.5, 0.6) is 5.75 Å². The average molecular weight is 583 g/mol. The standard InChI is InChI=1S/C35H38N2O6/c1-37(29-9-5-7-26(16-29)33(40)42-3)35-19-23-14-24(20-35)18-34(17-23,22-35)27-10-12-30(13-11-27)43-21-31(38)36-28-8-4-6-25(15-28)32(39)41-2/h4-13,15-16,23-24H,14,17-22H2,1-3H3,(H,36,38). The first-order chi connectivity index (χ1) is 20.7. The van der Waals surface area contributed by atoms with Gasteiger partial charge in [-0.2, -0.15) is 0 Å². The summed E-state index contributed by atoms with van der Waals surface area (Å²) in [7, 11) is 4.92. The van der Waals surface area contributed by atoms with Crippen LogP contribution in [0.1, 0.15) is 64.8 Å². The van der Waals surface area contributed by atoms with E-state index < -0.39 is 5.97 Å². The first-order valence-electron chi connectivity index (χ1n) is 14.9. The molecule has 4 fully saturated rings. The summed E-state index contributed by atoms with van der Waals surface area (Å²) in [6, 6.07) is 22.7. The minimum atomic E-state index is -0.461. The van der Waals surface area contributed by atoms with Crippen molar-refractivity contribution >= 4 is 29.2 Å². The van der Waals surface area contributed by atoms with Crippen LogP contribution in [-0.4, -0.2) is 51.3 Å². The number of rotatable bonds is 9. The highest BCUT2D eigenvalue weighted by atomic mass is 16.5. The molecular weight excluding hydrogens is 544 g/mol. The quantitative estimate of drug-likeness (QED) is 0.309. The molecule has 224 valence electrons. The van der Waals surface area contributed by atoms with Crippen molar-refractivity contribution < 1.29 is 28.6 Å². The van der Waals surface area contributed by atoms with Gasteiger partial charge in [0, 0.05) is 24.0 Å². The van der Waals surface area contributed by atoms with Crippen LogP contribution in [0.2, 0.25) is 0 Å². The molecule has 0 saturated heterocycles. The van der Waals surface area contributed by atoms with Crippen molar-refractivity contribution in [3.63, 3.8) is 0 Å². The van der Waals surface area contributed by atoms with Gasteiger partial charge in [-0.05, 0) is 110 Å². The van der Waals surface area contributed by atoms with E-state index in [1.54, 1.807) is 30.3 Å². The number of esters is 2. The maximum absolute atomic E-state index is 12.5. The molecule has 0 aliphatic heterocycles. The first-order valence-corrected chi connectivity index (χ1v) is 14.9. The maximum Gasteiger partial charge on any atom is 0.337 e. The van der Waals surface area contributed by atoms with Crippen LogP contribution in [0.3, 0.4) is 0 Å². The van der Waals surface area contributed by atoms with Gasteiger partial charge in [0.15, 0.2) is 6.61 Å². The molecule has 2 unspecified atom stereocenters. The third kappa shape index (κ3) is 5.58. The van der Waals surface area contributed by atoms with Gasteiger partial charge in [0.2, 0.25) is 0 Å². The molecule has 0 aromatic heterocycles. The van der Waals surface area contributed by atoms with Crippen molar-refractivity contribution in [3.05, 3.63) is 89.5 Å². The molecule has 0 heterocycles. The number of hydrogen-bond acceptors (Lipinski definition) is 7. The van der Waals surface area contributed by atoms with E-state index in [1.165, 1.54) is 51.9 Å². The number of anilines is 2. The van der Waals surface area contributed by atoms with Crippen molar-refractivity contribution in [1.82, 2.24) is 0 Å². The zero-order valence-electron chi connectivity index (χ0n) is 24.9. The highest BCUT2D eigenvalue weighted by molar-refractivity contribution is 5.95. The van der Waals surface area contributed by atoms with Crippen LogP contribution in [-0.2, 0) is 19.7 Å². The Hall–Kier alpha value is -4.33. The lowest BCUT2D eigenvalue weighted by Gasteiger charge is -2.65. The Kier molecular flexibility index (Phi) is 7.63. The molecule has 1 N–H and O–H groups in total. The van der Waals surface area contributed by atoms with Crippen LogP contribution in [0.4, 0.5) is 11.4 Å². The second kappa shape index (κ2) is 11.4. The van der Waals surface area contributed by atoms with Gasteiger partial charge in [-0.3, -0.25) is 4.79 Å². The van der Waals surface area contributed by atoms with Gasteiger partial charge >= 0.3 is 11.9 Å². The lowest BCUT2D eigenvalue weighted by Crippen LogP contribution is -2.63. The molecule has 4 bridgehead atoms. The predicted molar refractivity (Wildman–Crippen MR) is 164 cm³/mol. The SMILES string of the molecule is COC(=O)c1cccc(NC(=O)COc2ccc(C34CC5CC(C3)CC(N(C)c3cccc(C(=O)OC)c3)(C5)C4)cc2)c1. The van der Waals surface area contributed by atoms with E-state index in [2.05, 4.69) is 35.5 Å². The van der Waals surface area contributed by atoms with Gasteiger partial charge in [-0.15, -0.1) is 0 Å². The molecule has 3 aromatic carbocycles. The van der Waals surface area contributed by atoms with Gasteiger partial charge in [0.1, 0.15) is 5.75 Å². The van der Waals surface area contributed by atoms with Gasteiger partial charge in [-0.25, -0.2) is 9.59 Å². The van der Waals surface area contributed by atoms with Gasteiger partial charge in [0.05, 0.1) is 25.3 Å². The summed E-state index contributed by atoms with van der Waals surface area (Å²) in [6.07, 6.45) is 7.08. The van der Waals surface area contributed by atoms with Crippen molar-refractivity contribution in [2.24, 2.45) is 11.8 Å². The second-order valence-electron chi connectivity index (χ2n) is 12.5. The van der Waals surface area contributed by atoms with Crippen molar-refractivity contribution in [1.29, 1.82) is 0 Å². The van der Waals surface area contributed by atoms with Gasteiger partial charge in [0.25, 0.3) is 5.91 Å². The second-order valence-corrected chi connectivity index (χ2v) is 12.5. The fourth-order valence-corrected chi connectivity index (χ4v) is 8.27. The van der Waals surface area contributed by atoms with E-state index in [1.807, 2.05) is 24.3 Å². The number of ether oxygens (including phenoxy) is 3. The topological polar surface area (TPSA) is 94.2 Å². The normalized spacial score (nSPS) is 25.1. The van der Waals surface area contributed by atoms with E-state index in [9.17, 15) is 14.4 Å². The minimum Gasteiger partial charge on any atom is -0.484 e. The zero-order chi connectivity index (χ0) is 30.2. The third-order valence-electron chi connectivity index (χ3n) is 9.80. The third-order valence-corrected chi connectivity index (χ3v) is 9.80. The Labute approximate surface area is 252 Å². The number of amides is 1. The lowest BCUT2D eigenvalue weighted by molar-refractivity contribution is -0.118. The summed E-state index contributed by atoms with van der Waals surface area (Å²) in [4.78, 5) is 39.0. The summed E-state index contributed by atoms with van der Waals surface area (Å²) < 4.78 is 15.5. The average Bonchev–Trinajstić information content (AvgIpc) is 3.02. The smallest absolute Gasteiger partial charge is 0.337 e. The first kappa shape index (κ1) is 28.8. The zero-order valence-corrected chi connectivity index (χ0v) is 24.9. The van der Waals surface area contributed by atoms with Crippen LogP contribution >= 0.6 is 0 Å². The molecule has 4 saturated carbocycles. The highest BCUT2D eigenvalue weighted by Gasteiger charge is 2.59. The molecule has 4 aliphatic carbocycles. The van der Waals surface area contributed by atoms with Crippen molar-refractivity contribution in [2.75, 3.05) is 38.1 Å². The number of methoxy groups -OCH3 is 2. The summed E-state index contributed by atoms with van der Waals surface area (Å²) in [5.74, 6) is 0.892. The van der Waals surface area contributed by atoms with E-state index in [-0.39, 0.29) is 29.4 Å². The molecular formula is C35H38N2O6. The maximum atomic E-state index is 12.5. The molecule has 0 radical (unpaired) electrons. The van der Waals surface area contributed by atoms with Crippen molar-refractivity contribution in [2.45, 2.75) is 49.5 Å². The highest BCUT2D eigenvalue weighted by Crippen LogP contribution is 2.64. The monoisotopic (exact) mass is 582 g/mol.